The van der Waals surface area contributed by atoms with Crippen molar-refractivity contribution in [2.45, 2.75) is 70.0 Å². The normalized spacial score (nSPS) is 19.3. The molecule has 42 heavy (non-hydrogen) atoms. The van der Waals surface area contributed by atoms with E-state index in [0.717, 1.165) is 65.8 Å². The van der Waals surface area contributed by atoms with Crippen molar-refractivity contribution in [3.05, 3.63) is 101 Å². The number of hydrogen-bond acceptors (Lipinski definition) is 5. The van der Waals surface area contributed by atoms with Gasteiger partial charge in [0.2, 0.25) is 0 Å². The van der Waals surface area contributed by atoms with Gasteiger partial charge in [0.05, 0.1) is 13.2 Å². The van der Waals surface area contributed by atoms with Crippen molar-refractivity contribution in [3.63, 3.8) is 0 Å². The highest BCUT2D eigenvalue weighted by molar-refractivity contribution is 6.00. The fourth-order valence-electron chi connectivity index (χ4n) is 6.81. The lowest BCUT2D eigenvalue weighted by atomic mass is 9.83. The lowest BCUT2D eigenvalue weighted by Gasteiger charge is -2.21. The van der Waals surface area contributed by atoms with E-state index in [9.17, 15) is 4.79 Å². The van der Waals surface area contributed by atoms with Crippen LogP contribution < -0.4 is 15.4 Å². The van der Waals surface area contributed by atoms with E-state index in [2.05, 4.69) is 88.0 Å². The lowest BCUT2D eigenvalue weighted by molar-refractivity contribution is 0.0512. The number of carbonyl (C=O) groups excluding carboxylic acids is 1. The van der Waals surface area contributed by atoms with Crippen LogP contribution in [0.2, 0.25) is 0 Å². The number of fused-ring (bicyclic) bond motifs is 1. The van der Waals surface area contributed by atoms with Crippen LogP contribution in [0.15, 0.2) is 78.9 Å². The molecule has 0 spiro atoms. The van der Waals surface area contributed by atoms with Gasteiger partial charge in [-0.15, -0.1) is 0 Å². The van der Waals surface area contributed by atoms with Crippen LogP contribution >= 0.6 is 0 Å². The second-order valence-electron chi connectivity index (χ2n) is 11.6. The maximum atomic E-state index is 13.8. The molecule has 0 bridgehead atoms. The van der Waals surface area contributed by atoms with Crippen molar-refractivity contribution in [1.82, 2.24) is 15.2 Å². The highest BCUT2D eigenvalue weighted by Crippen LogP contribution is 2.41. The molecule has 3 atom stereocenters. The Bertz CT molecular complexity index is 1450. The zero-order valence-corrected chi connectivity index (χ0v) is 24.7. The molecule has 2 aliphatic rings. The third kappa shape index (κ3) is 6.25. The summed E-state index contributed by atoms with van der Waals surface area (Å²) in [7, 11) is 0. The Balaban J connectivity index is 1.40. The number of carbonyl (C=O) groups is 1. The number of hydrogen-bond donors (Lipinski definition) is 2. The van der Waals surface area contributed by atoms with Gasteiger partial charge in [-0.2, -0.15) is 0 Å². The highest BCUT2D eigenvalue weighted by atomic mass is 16.5. The fraction of sp³-hybridized carbons (Fsp3) is 0.417. The van der Waals surface area contributed by atoms with Crippen LogP contribution in [-0.2, 0) is 11.3 Å². The zero-order chi connectivity index (χ0) is 28.7. The summed E-state index contributed by atoms with van der Waals surface area (Å²) in [6, 6.07) is 28.4. The Kier molecular flexibility index (Phi) is 9.21. The summed E-state index contributed by atoms with van der Waals surface area (Å²) in [5.74, 6) is 0.475. The first-order chi connectivity index (χ1) is 20.7. The summed E-state index contributed by atoms with van der Waals surface area (Å²) in [5, 5.41) is 8.26. The average molecular weight is 566 g/mol. The quantitative estimate of drug-likeness (QED) is 0.188. The van der Waals surface area contributed by atoms with Gasteiger partial charge >= 0.3 is 5.97 Å². The zero-order valence-electron chi connectivity index (χ0n) is 24.7. The Morgan fingerprint density at radius 1 is 0.857 bits per heavy atom. The van der Waals surface area contributed by atoms with Gasteiger partial charge in [0.15, 0.2) is 0 Å². The Labute approximate surface area is 249 Å². The summed E-state index contributed by atoms with van der Waals surface area (Å²) >= 11 is 0. The third-order valence-corrected chi connectivity index (χ3v) is 8.87. The number of nitrogens with zero attached hydrogens (tertiary/aromatic N) is 1. The van der Waals surface area contributed by atoms with Gasteiger partial charge in [0.25, 0.3) is 0 Å². The number of ether oxygens (including phenoxy) is 2. The van der Waals surface area contributed by atoms with Crippen LogP contribution in [0.3, 0.4) is 0 Å². The number of rotatable bonds is 12. The van der Waals surface area contributed by atoms with E-state index in [0.29, 0.717) is 31.0 Å². The standard InChI is InChI=1S/C36H43N3O3/c1-2-41-36(40)35-34(31-14-6-7-15-32(31)39(35)24-20-28-12-8-22-37-28)33(26-10-4-3-5-11-26)27-16-18-30(19-17-27)42-25-21-29-13-9-23-38-29/h3-7,10-11,14-19,28-29,33,37-38H,2,8-9,12-13,20-25H2,1H3. The molecule has 6 nitrogen and oxygen atoms in total. The van der Waals surface area contributed by atoms with Crippen molar-refractivity contribution in [2.75, 3.05) is 26.3 Å². The van der Waals surface area contributed by atoms with Crippen LogP contribution in [0.25, 0.3) is 10.9 Å². The van der Waals surface area contributed by atoms with E-state index >= 15 is 0 Å². The number of esters is 1. The minimum Gasteiger partial charge on any atom is -0.494 e. The van der Waals surface area contributed by atoms with E-state index in [-0.39, 0.29) is 11.9 Å². The molecule has 0 radical (unpaired) electrons. The molecule has 3 aromatic carbocycles. The second kappa shape index (κ2) is 13.6. The van der Waals surface area contributed by atoms with E-state index in [1.54, 1.807) is 0 Å². The molecule has 1 aromatic heterocycles. The van der Waals surface area contributed by atoms with Crippen molar-refractivity contribution >= 4 is 16.9 Å². The minimum absolute atomic E-state index is 0.141. The Morgan fingerprint density at radius 3 is 2.21 bits per heavy atom. The van der Waals surface area contributed by atoms with Gasteiger partial charge in [-0.05, 0) is 87.9 Å². The SMILES string of the molecule is CCOC(=O)c1c(C(c2ccccc2)c2ccc(OCCC3CCCN3)cc2)c2ccccc2n1CCC1CCCN1. The maximum absolute atomic E-state index is 13.8. The minimum atomic E-state index is -0.260. The third-order valence-electron chi connectivity index (χ3n) is 8.87. The molecule has 0 amide bonds. The average Bonchev–Trinajstić information content (AvgIpc) is 3.80. The van der Waals surface area contributed by atoms with Crippen LogP contribution in [0.5, 0.6) is 5.75 Å². The van der Waals surface area contributed by atoms with Crippen LogP contribution in [0.1, 0.15) is 78.5 Å². The molecule has 2 aliphatic heterocycles. The molecule has 6 rings (SSSR count). The molecule has 0 aliphatic carbocycles. The predicted octanol–water partition coefficient (Wildman–Crippen LogP) is 6.66. The maximum Gasteiger partial charge on any atom is 0.355 e. The molecule has 3 heterocycles. The lowest BCUT2D eigenvalue weighted by Crippen LogP contribution is -2.24. The molecule has 0 saturated carbocycles. The summed E-state index contributed by atoms with van der Waals surface area (Å²) in [6.45, 7) is 5.86. The first kappa shape index (κ1) is 28.5. The van der Waals surface area contributed by atoms with Crippen LogP contribution in [0, 0.1) is 0 Å². The number of aryl methyl sites for hydroxylation is 1. The molecule has 220 valence electrons. The molecule has 2 N–H and O–H groups in total. The van der Waals surface area contributed by atoms with Crippen molar-refractivity contribution < 1.29 is 14.3 Å². The number of para-hydroxylation sites is 1. The van der Waals surface area contributed by atoms with Crippen molar-refractivity contribution in [2.24, 2.45) is 0 Å². The molecule has 2 saturated heterocycles. The Hall–Kier alpha value is -3.61. The van der Waals surface area contributed by atoms with Crippen molar-refractivity contribution in [3.8, 4) is 5.75 Å². The van der Waals surface area contributed by atoms with Crippen molar-refractivity contribution in [1.29, 1.82) is 0 Å². The summed E-state index contributed by atoms with van der Waals surface area (Å²) in [4.78, 5) is 13.8. The second-order valence-corrected chi connectivity index (χ2v) is 11.6. The smallest absolute Gasteiger partial charge is 0.355 e. The summed E-state index contributed by atoms with van der Waals surface area (Å²) < 4.78 is 14.1. The monoisotopic (exact) mass is 565 g/mol. The number of aromatic nitrogens is 1. The van der Waals surface area contributed by atoms with E-state index in [1.807, 2.05) is 13.0 Å². The molecular weight excluding hydrogens is 522 g/mol. The van der Waals surface area contributed by atoms with Gasteiger partial charge < -0.3 is 24.7 Å². The first-order valence-corrected chi connectivity index (χ1v) is 15.8. The molecular formula is C36H43N3O3. The highest BCUT2D eigenvalue weighted by Gasteiger charge is 2.31. The molecule has 3 unspecified atom stereocenters. The first-order valence-electron chi connectivity index (χ1n) is 15.8. The van der Waals surface area contributed by atoms with Gasteiger partial charge in [-0.3, -0.25) is 0 Å². The molecule has 6 heteroatoms. The van der Waals surface area contributed by atoms with Gasteiger partial charge in [-0.25, -0.2) is 4.79 Å². The van der Waals surface area contributed by atoms with Crippen LogP contribution in [-0.4, -0.2) is 48.9 Å². The fourth-order valence-corrected chi connectivity index (χ4v) is 6.81. The molecule has 4 aromatic rings. The largest absolute Gasteiger partial charge is 0.494 e. The van der Waals surface area contributed by atoms with Gasteiger partial charge in [0.1, 0.15) is 11.4 Å². The number of benzene rings is 3. The number of nitrogens with one attached hydrogen (secondary N) is 2. The Morgan fingerprint density at radius 2 is 1.52 bits per heavy atom. The molecule has 2 fully saturated rings. The van der Waals surface area contributed by atoms with E-state index in [1.165, 1.54) is 25.7 Å². The van der Waals surface area contributed by atoms with Gasteiger partial charge in [0, 0.05) is 41.0 Å². The van der Waals surface area contributed by atoms with E-state index in [4.69, 9.17) is 9.47 Å². The summed E-state index contributed by atoms with van der Waals surface area (Å²) in [6.07, 6.45) is 6.87. The van der Waals surface area contributed by atoms with Gasteiger partial charge in [-0.1, -0.05) is 60.7 Å². The van der Waals surface area contributed by atoms with Crippen LogP contribution in [0.4, 0.5) is 0 Å². The predicted molar refractivity (Wildman–Crippen MR) is 169 cm³/mol. The topological polar surface area (TPSA) is 64.5 Å². The van der Waals surface area contributed by atoms with E-state index < -0.39 is 0 Å². The summed E-state index contributed by atoms with van der Waals surface area (Å²) in [5.41, 5.74) is 5.01.